The van der Waals surface area contributed by atoms with Crippen molar-refractivity contribution in [2.45, 2.75) is 26.2 Å². The van der Waals surface area contributed by atoms with Crippen molar-refractivity contribution in [2.24, 2.45) is 7.05 Å². The monoisotopic (exact) mass is 586 g/mol. The molecule has 0 radical (unpaired) electrons. The van der Waals surface area contributed by atoms with Crippen LogP contribution in [0.2, 0.25) is 0 Å². The van der Waals surface area contributed by atoms with Crippen molar-refractivity contribution in [3.63, 3.8) is 0 Å². The van der Waals surface area contributed by atoms with E-state index in [-0.39, 0.29) is 11.3 Å². The number of hydrogen-bond donors (Lipinski definition) is 1. The van der Waals surface area contributed by atoms with E-state index < -0.39 is 0 Å². The van der Waals surface area contributed by atoms with Gasteiger partial charge >= 0.3 is 0 Å². The van der Waals surface area contributed by atoms with Gasteiger partial charge in [0, 0.05) is 30.6 Å². The summed E-state index contributed by atoms with van der Waals surface area (Å²) < 4.78 is 2.03. The van der Waals surface area contributed by atoms with E-state index in [0.29, 0.717) is 11.4 Å². The number of imidazole rings is 1. The largest absolute Gasteiger partial charge is 0.493 e. The zero-order valence-corrected chi connectivity index (χ0v) is 25.9. The van der Waals surface area contributed by atoms with Crippen LogP contribution >= 0.6 is 0 Å². The highest BCUT2D eigenvalue weighted by Crippen LogP contribution is 2.37. The number of rotatable bonds is 5. The van der Waals surface area contributed by atoms with E-state index in [4.69, 9.17) is 9.97 Å². The molecule has 0 saturated heterocycles. The predicted octanol–water partition coefficient (Wildman–Crippen LogP) is 9.70. The van der Waals surface area contributed by atoms with Gasteiger partial charge in [-0.25, -0.2) is 9.97 Å². The number of aromatic nitrogens is 4. The molecule has 0 saturated carbocycles. The van der Waals surface area contributed by atoms with Crippen LogP contribution in [0.5, 0.6) is 5.88 Å². The zero-order chi connectivity index (χ0) is 31.1. The Bertz CT molecular complexity index is 2160. The number of hydrogen-bond acceptors (Lipinski definition) is 4. The lowest BCUT2D eigenvalue weighted by Gasteiger charge is -2.19. The Morgan fingerprint density at radius 3 is 2.02 bits per heavy atom. The number of aromatic hydroxyl groups is 1. The Balaban J connectivity index is 1.25. The van der Waals surface area contributed by atoms with Crippen molar-refractivity contribution < 1.29 is 5.11 Å². The van der Waals surface area contributed by atoms with Gasteiger partial charge in [0.25, 0.3) is 0 Å². The minimum absolute atomic E-state index is 0.0226. The average Bonchev–Trinajstić information content (AvgIpc) is 3.41. The fraction of sp³-hybridized carbons (Fsp3) is 0.125. The first-order chi connectivity index (χ1) is 21.8. The van der Waals surface area contributed by atoms with Gasteiger partial charge in [-0.1, -0.05) is 106 Å². The fourth-order valence-corrected chi connectivity index (χ4v) is 5.82. The molecule has 4 aromatic carbocycles. The third-order valence-corrected chi connectivity index (χ3v) is 8.44. The quantitative estimate of drug-likeness (QED) is 0.218. The standard InChI is InChI=1S/C40H34N4O/c1-40(2,3)32-24-34(39(45)42-25-32)38-43-37-33(14-9-15-36(37)44(38)4)30-12-8-13-31(22-30)35-23-29(20-21-41-35)28-18-16-27(17-19-28)26-10-6-5-7-11-26/h5-25H,1-4H3,(H,42,45). The van der Waals surface area contributed by atoms with Crippen molar-refractivity contribution in [3.05, 3.63) is 133 Å². The second-order valence-electron chi connectivity index (χ2n) is 12.5. The highest BCUT2D eigenvalue weighted by atomic mass is 16.3. The van der Waals surface area contributed by atoms with E-state index in [2.05, 4.69) is 129 Å². The second kappa shape index (κ2) is 11.2. The maximum atomic E-state index is 10.8. The minimum atomic E-state index is -0.109. The summed E-state index contributed by atoms with van der Waals surface area (Å²) in [7, 11) is 1.98. The fourth-order valence-electron chi connectivity index (χ4n) is 5.82. The molecule has 0 fully saturated rings. The minimum Gasteiger partial charge on any atom is -0.493 e. The van der Waals surface area contributed by atoms with E-state index in [9.17, 15) is 5.11 Å². The van der Waals surface area contributed by atoms with Crippen molar-refractivity contribution in [1.82, 2.24) is 19.5 Å². The first-order valence-electron chi connectivity index (χ1n) is 15.1. The molecule has 0 aliphatic rings. The number of nitrogens with zero attached hydrogens (tertiary/aromatic N) is 4. The van der Waals surface area contributed by atoms with Crippen LogP contribution in [0.1, 0.15) is 26.3 Å². The van der Waals surface area contributed by atoms with Gasteiger partial charge in [-0.2, -0.15) is 0 Å². The van der Waals surface area contributed by atoms with Gasteiger partial charge in [0.2, 0.25) is 5.88 Å². The van der Waals surface area contributed by atoms with E-state index >= 15 is 0 Å². The van der Waals surface area contributed by atoms with Gasteiger partial charge in [-0.15, -0.1) is 0 Å². The summed E-state index contributed by atoms with van der Waals surface area (Å²) in [6.45, 7) is 6.41. The van der Waals surface area contributed by atoms with Gasteiger partial charge in [0.1, 0.15) is 5.82 Å². The lowest BCUT2D eigenvalue weighted by molar-refractivity contribution is 0.453. The Labute approximate surface area is 263 Å². The van der Waals surface area contributed by atoms with Gasteiger partial charge in [0.05, 0.1) is 22.3 Å². The highest BCUT2D eigenvalue weighted by Gasteiger charge is 2.21. The van der Waals surface area contributed by atoms with Crippen LogP contribution < -0.4 is 0 Å². The van der Waals surface area contributed by atoms with Gasteiger partial charge < -0.3 is 9.67 Å². The summed E-state index contributed by atoms with van der Waals surface area (Å²) in [6.07, 6.45) is 3.61. The zero-order valence-electron chi connectivity index (χ0n) is 25.9. The van der Waals surface area contributed by atoms with Crippen LogP contribution in [-0.4, -0.2) is 24.6 Å². The molecule has 0 spiro atoms. The molecule has 3 heterocycles. The number of para-hydroxylation sites is 1. The Kier molecular flexibility index (Phi) is 7.01. The highest BCUT2D eigenvalue weighted by molar-refractivity contribution is 5.95. The molecular weight excluding hydrogens is 552 g/mol. The number of fused-ring (bicyclic) bond motifs is 1. The molecule has 7 rings (SSSR count). The third-order valence-electron chi connectivity index (χ3n) is 8.44. The van der Waals surface area contributed by atoms with Crippen molar-refractivity contribution in [2.75, 3.05) is 0 Å². The van der Waals surface area contributed by atoms with E-state index in [1.54, 1.807) is 6.20 Å². The van der Waals surface area contributed by atoms with Gasteiger partial charge in [-0.3, -0.25) is 4.98 Å². The summed E-state index contributed by atoms with van der Waals surface area (Å²) >= 11 is 0. The maximum Gasteiger partial charge on any atom is 0.222 e. The molecule has 3 aromatic heterocycles. The molecule has 0 atom stereocenters. The summed E-state index contributed by atoms with van der Waals surface area (Å²) in [5, 5.41) is 10.8. The molecule has 45 heavy (non-hydrogen) atoms. The average molecular weight is 587 g/mol. The Hall–Kier alpha value is -5.55. The van der Waals surface area contributed by atoms with Gasteiger partial charge in [-0.05, 0) is 69.1 Å². The molecule has 0 bridgehead atoms. The van der Waals surface area contributed by atoms with Crippen LogP contribution in [0.15, 0.2) is 128 Å². The first-order valence-corrected chi connectivity index (χ1v) is 15.1. The first kappa shape index (κ1) is 28.2. The van der Waals surface area contributed by atoms with Crippen LogP contribution in [-0.2, 0) is 12.5 Å². The molecule has 1 N–H and O–H groups in total. The Morgan fingerprint density at radius 2 is 1.27 bits per heavy atom. The SMILES string of the molecule is Cn1c(-c2cc(C(C)(C)C)cnc2O)nc2c(-c3cccc(-c4cc(-c5ccc(-c6ccccc6)cc5)ccn4)c3)cccc21. The van der Waals surface area contributed by atoms with Crippen LogP contribution in [0.4, 0.5) is 0 Å². The van der Waals surface area contributed by atoms with Crippen LogP contribution in [0.25, 0.3) is 67.1 Å². The molecule has 0 unspecified atom stereocenters. The molecule has 0 aliphatic heterocycles. The summed E-state index contributed by atoms with van der Waals surface area (Å²) in [6, 6.07) is 40.0. The summed E-state index contributed by atoms with van der Waals surface area (Å²) in [5.41, 5.74) is 12.1. The van der Waals surface area contributed by atoms with Crippen LogP contribution in [0.3, 0.4) is 0 Å². The molecule has 0 aliphatic carbocycles. The van der Waals surface area contributed by atoms with E-state index in [1.807, 2.05) is 29.9 Å². The number of aryl methyl sites for hydroxylation is 1. The molecule has 5 nitrogen and oxygen atoms in total. The second-order valence-corrected chi connectivity index (χ2v) is 12.5. The molecule has 0 amide bonds. The smallest absolute Gasteiger partial charge is 0.222 e. The topological polar surface area (TPSA) is 63.8 Å². The molecule has 5 heteroatoms. The predicted molar refractivity (Wildman–Crippen MR) is 184 cm³/mol. The summed E-state index contributed by atoms with van der Waals surface area (Å²) in [5.74, 6) is 0.656. The lowest BCUT2D eigenvalue weighted by Crippen LogP contribution is -2.11. The molecule has 220 valence electrons. The van der Waals surface area contributed by atoms with Crippen molar-refractivity contribution in [1.29, 1.82) is 0 Å². The lowest BCUT2D eigenvalue weighted by atomic mass is 9.87. The molecular formula is C40H34N4O. The van der Waals surface area contributed by atoms with Crippen molar-refractivity contribution >= 4 is 11.0 Å². The third kappa shape index (κ3) is 5.38. The van der Waals surface area contributed by atoms with Crippen LogP contribution in [0, 0.1) is 0 Å². The number of benzene rings is 4. The van der Waals surface area contributed by atoms with Gasteiger partial charge in [0.15, 0.2) is 0 Å². The Morgan fingerprint density at radius 1 is 0.600 bits per heavy atom. The van der Waals surface area contributed by atoms with Crippen molar-refractivity contribution in [3.8, 4) is 61.9 Å². The summed E-state index contributed by atoms with van der Waals surface area (Å²) in [4.78, 5) is 14.1. The molecule has 7 aromatic rings. The number of pyridine rings is 2. The van der Waals surface area contributed by atoms with E-state index in [0.717, 1.165) is 50.1 Å². The maximum absolute atomic E-state index is 10.8. The normalized spacial score (nSPS) is 11.6. The van der Waals surface area contributed by atoms with E-state index in [1.165, 1.54) is 11.1 Å².